The Hall–Kier alpha value is -2.91. The van der Waals surface area contributed by atoms with Crippen molar-refractivity contribution in [3.8, 4) is 0 Å². The van der Waals surface area contributed by atoms with E-state index in [2.05, 4.69) is 28.8 Å². The minimum Gasteiger partial charge on any atom is -0.444 e. The van der Waals surface area contributed by atoms with Gasteiger partial charge in [0.15, 0.2) is 0 Å². The van der Waals surface area contributed by atoms with Crippen LogP contribution in [0.3, 0.4) is 0 Å². The van der Waals surface area contributed by atoms with Gasteiger partial charge in [-0.15, -0.1) is 0 Å². The van der Waals surface area contributed by atoms with Gasteiger partial charge in [0.2, 0.25) is 0 Å². The summed E-state index contributed by atoms with van der Waals surface area (Å²) in [6.07, 6.45) is 1.42. The molecule has 0 unspecified atom stereocenters. The lowest BCUT2D eigenvalue weighted by Crippen LogP contribution is -2.55. The number of hydrogen-bond donors (Lipinski definition) is 0. The van der Waals surface area contributed by atoms with Crippen molar-refractivity contribution in [2.24, 2.45) is 0 Å². The molecule has 1 atom stereocenters. The van der Waals surface area contributed by atoms with Gasteiger partial charge in [-0.2, -0.15) is 4.98 Å². The Balaban J connectivity index is 1.77. The van der Waals surface area contributed by atoms with Crippen molar-refractivity contribution in [2.75, 3.05) is 24.5 Å². The predicted molar refractivity (Wildman–Crippen MR) is 151 cm³/mol. The Kier molecular flexibility index (Phi) is 7.91. The number of rotatable bonds is 4. The van der Waals surface area contributed by atoms with Crippen LogP contribution in [-0.2, 0) is 11.3 Å². The Morgan fingerprint density at radius 1 is 1.21 bits per heavy atom. The first-order valence-corrected chi connectivity index (χ1v) is 13.5. The van der Waals surface area contributed by atoms with Gasteiger partial charge in [-0.25, -0.2) is 14.6 Å². The van der Waals surface area contributed by atoms with E-state index in [1.165, 1.54) is 4.57 Å². The number of carbonyl (C=O) groups is 1. The molecule has 0 radical (unpaired) electrons. The van der Waals surface area contributed by atoms with Crippen LogP contribution in [0.5, 0.6) is 0 Å². The molecular formula is C27H34Cl2N6O3. The Morgan fingerprint density at radius 3 is 2.55 bits per heavy atom. The summed E-state index contributed by atoms with van der Waals surface area (Å²) in [5, 5.41) is 0.997. The summed E-state index contributed by atoms with van der Waals surface area (Å²) in [7, 11) is 0. The molecule has 9 nitrogen and oxygen atoms in total. The van der Waals surface area contributed by atoms with Gasteiger partial charge in [-0.05, 0) is 63.8 Å². The first-order chi connectivity index (χ1) is 17.8. The van der Waals surface area contributed by atoms with Crippen LogP contribution in [0.2, 0.25) is 10.2 Å². The number of aryl methyl sites for hydroxylation is 1. The summed E-state index contributed by atoms with van der Waals surface area (Å²) in [6, 6.07) is 3.50. The maximum absolute atomic E-state index is 13.5. The fraction of sp³-hybridized carbons (Fsp3) is 0.519. The van der Waals surface area contributed by atoms with Crippen molar-refractivity contribution >= 4 is 46.1 Å². The summed E-state index contributed by atoms with van der Waals surface area (Å²) in [5.74, 6) is 0.642. The number of halogens is 2. The van der Waals surface area contributed by atoms with E-state index < -0.39 is 11.3 Å². The molecular weight excluding hydrogens is 527 g/mol. The molecule has 0 spiro atoms. The first-order valence-electron chi connectivity index (χ1n) is 12.7. The van der Waals surface area contributed by atoms with E-state index in [0.717, 1.165) is 16.8 Å². The molecule has 11 heteroatoms. The summed E-state index contributed by atoms with van der Waals surface area (Å²) in [4.78, 5) is 43.5. The van der Waals surface area contributed by atoms with E-state index in [1.807, 2.05) is 45.6 Å². The molecule has 4 heterocycles. The second kappa shape index (κ2) is 10.7. The number of fused-ring (bicyclic) bond motifs is 1. The molecule has 4 rings (SSSR count). The molecule has 0 bridgehead atoms. The number of hydrogen-bond acceptors (Lipinski definition) is 7. The lowest BCUT2D eigenvalue weighted by Gasteiger charge is -2.41. The topological polar surface area (TPSA) is 93.5 Å². The molecule has 1 amide bonds. The smallest absolute Gasteiger partial charge is 0.410 e. The molecule has 0 N–H and O–H groups in total. The van der Waals surface area contributed by atoms with Crippen molar-refractivity contribution in [3.63, 3.8) is 0 Å². The summed E-state index contributed by atoms with van der Waals surface area (Å²) < 4.78 is 7.07. The van der Waals surface area contributed by atoms with Crippen LogP contribution in [-0.4, -0.2) is 61.8 Å². The van der Waals surface area contributed by atoms with Crippen molar-refractivity contribution in [3.05, 3.63) is 55.8 Å². The van der Waals surface area contributed by atoms with Crippen LogP contribution in [0.1, 0.15) is 64.3 Å². The molecule has 204 valence electrons. The van der Waals surface area contributed by atoms with Gasteiger partial charge in [0.05, 0.1) is 17.0 Å². The second-order valence-electron chi connectivity index (χ2n) is 11.1. The molecule has 1 saturated heterocycles. The highest BCUT2D eigenvalue weighted by molar-refractivity contribution is 6.41. The highest BCUT2D eigenvalue weighted by Crippen LogP contribution is 2.32. The lowest BCUT2D eigenvalue weighted by molar-refractivity contribution is 0.0218. The zero-order chi connectivity index (χ0) is 27.9. The molecule has 1 aliphatic heterocycles. The van der Waals surface area contributed by atoms with Crippen LogP contribution >= 0.6 is 23.2 Å². The number of piperazine rings is 1. The number of nitrogens with zero attached hydrogens (tertiary/aromatic N) is 6. The van der Waals surface area contributed by atoms with Gasteiger partial charge in [-0.3, -0.25) is 9.55 Å². The number of amides is 1. The predicted octanol–water partition coefficient (Wildman–Crippen LogP) is 5.42. The SMILES string of the molecule is Cc1ccnc(C(C)C)c1Cn1c(=O)nc(N2CCN(C(=O)OC(C)(C)C)C[C@@H]2C)c2cc(Cl)c(Cl)nc21. The Bertz CT molecular complexity index is 1430. The van der Waals surface area contributed by atoms with Crippen LogP contribution in [0, 0.1) is 6.92 Å². The van der Waals surface area contributed by atoms with Crippen molar-refractivity contribution < 1.29 is 9.53 Å². The molecule has 0 saturated carbocycles. The fourth-order valence-corrected chi connectivity index (χ4v) is 5.01. The summed E-state index contributed by atoms with van der Waals surface area (Å²) in [6.45, 7) is 15.2. The zero-order valence-corrected chi connectivity index (χ0v) is 24.4. The van der Waals surface area contributed by atoms with Crippen LogP contribution in [0.25, 0.3) is 11.0 Å². The zero-order valence-electron chi connectivity index (χ0n) is 22.9. The molecule has 1 fully saturated rings. The van der Waals surface area contributed by atoms with Crippen LogP contribution in [0.4, 0.5) is 10.6 Å². The average Bonchev–Trinajstić information content (AvgIpc) is 2.81. The third-order valence-corrected chi connectivity index (χ3v) is 7.25. The third kappa shape index (κ3) is 5.73. The van der Waals surface area contributed by atoms with E-state index in [9.17, 15) is 9.59 Å². The highest BCUT2D eigenvalue weighted by atomic mass is 35.5. The van der Waals surface area contributed by atoms with Gasteiger partial charge in [0.1, 0.15) is 22.2 Å². The number of aromatic nitrogens is 4. The molecule has 38 heavy (non-hydrogen) atoms. The first kappa shape index (κ1) is 28.1. The number of pyridine rings is 2. The van der Waals surface area contributed by atoms with Gasteiger partial charge >= 0.3 is 11.8 Å². The minimum atomic E-state index is -0.580. The number of anilines is 1. The van der Waals surface area contributed by atoms with E-state index >= 15 is 0 Å². The fourth-order valence-electron chi connectivity index (χ4n) is 4.73. The van der Waals surface area contributed by atoms with Crippen LogP contribution < -0.4 is 10.6 Å². The number of ether oxygens (including phenoxy) is 1. The van der Waals surface area contributed by atoms with Gasteiger partial charge < -0.3 is 14.5 Å². The molecule has 1 aliphatic rings. The second-order valence-corrected chi connectivity index (χ2v) is 11.8. The van der Waals surface area contributed by atoms with Gasteiger partial charge in [0, 0.05) is 37.6 Å². The third-order valence-electron chi connectivity index (χ3n) is 6.58. The van der Waals surface area contributed by atoms with Gasteiger partial charge in [0.25, 0.3) is 0 Å². The number of carbonyl (C=O) groups excluding carboxylic acids is 1. The summed E-state index contributed by atoms with van der Waals surface area (Å²) >= 11 is 12.7. The lowest BCUT2D eigenvalue weighted by atomic mass is 10.00. The molecule has 3 aromatic heterocycles. The van der Waals surface area contributed by atoms with Crippen molar-refractivity contribution in [1.82, 2.24) is 24.4 Å². The Labute approximate surface area is 232 Å². The quantitative estimate of drug-likeness (QED) is 0.393. The standard InChI is InChI=1S/C27H34Cl2N6O3/c1-15(2)21-19(16(3)8-9-30-21)14-35-23-18(12-20(28)22(29)31-23)24(32-25(35)36)34-11-10-33(13-17(34)4)26(37)38-27(5,6)7/h8-9,12,15,17H,10-11,13-14H2,1-7H3/t17-/m0/s1. The highest BCUT2D eigenvalue weighted by Gasteiger charge is 2.32. The van der Waals surface area contributed by atoms with E-state index in [-0.39, 0.29) is 34.8 Å². The monoisotopic (exact) mass is 560 g/mol. The maximum atomic E-state index is 13.5. The largest absolute Gasteiger partial charge is 0.444 e. The van der Waals surface area contributed by atoms with E-state index in [0.29, 0.717) is 36.5 Å². The normalized spacial score (nSPS) is 16.4. The van der Waals surface area contributed by atoms with Crippen molar-refractivity contribution in [2.45, 2.75) is 72.6 Å². The molecule has 0 aromatic carbocycles. The van der Waals surface area contributed by atoms with Gasteiger partial charge in [-0.1, -0.05) is 37.0 Å². The maximum Gasteiger partial charge on any atom is 0.410 e. The molecule has 0 aliphatic carbocycles. The average molecular weight is 562 g/mol. The molecule has 3 aromatic rings. The van der Waals surface area contributed by atoms with E-state index in [4.69, 9.17) is 27.9 Å². The van der Waals surface area contributed by atoms with E-state index in [1.54, 1.807) is 17.2 Å². The Morgan fingerprint density at radius 2 is 1.92 bits per heavy atom. The summed E-state index contributed by atoms with van der Waals surface area (Å²) in [5.41, 5.74) is 2.27. The van der Waals surface area contributed by atoms with Crippen molar-refractivity contribution in [1.29, 1.82) is 0 Å². The van der Waals surface area contributed by atoms with Crippen LogP contribution in [0.15, 0.2) is 23.1 Å². The minimum absolute atomic E-state index is 0.110.